The monoisotopic (exact) mass is 405 g/mol. The maximum atomic E-state index is 5.83. The number of aliphatic imine (C=N–C) groups is 1. The fraction of sp³-hybridized carbons (Fsp3) is 0.696. The molecule has 0 aromatic heterocycles. The van der Waals surface area contributed by atoms with Gasteiger partial charge in [-0.25, -0.2) is 4.99 Å². The summed E-state index contributed by atoms with van der Waals surface area (Å²) in [5.41, 5.74) is 1.15. The van der Waals surface area contributed by atoms with E-state index in [-0.39, 0.29) is 0 Å². The first-order valence-electron chi connectivity index (χ1n) is 11.2. The van der Waals surface area contributed by atoms with Gasteiger partial charge in [-0.15, -0.1) is 0 Å². The Bertz CT molecular complexity index is 574. The van der Waals surface area contributed by atoms with Gasteiger partial charge < -0.3 is 24.8 Å². The summed E-state index contributed by atoms with van der Waals surface area (Å²) in [5.74, 6) is 2.43. The highest BCUT2D eigenvalue weighted by atomic mass is 16.5. The van der Waals surface area contributed by atoms with E-state index >= 15 is 0 Å². The number of ether oxygens (including phenoxy) is 3. The van der Waals surface area contributed by atoms with E-state index in [0.717, 1.165) is 95.5 Å². The highest BCUT2D eigenvalue weighted by molar-refractivity contribution is 5.79. The van der Waals surface area contributed by atoms with Crippen LogP contribution in [-0.2, 0) is 16.0 Å². The summed E-state index contributed by atoms with van der Waals surface area (Å²) in [6, 6.07) is 8.20. The number of nitrogens with one attached hydrogen (secondary N) is 2. The maximum absolute atomic E-state index is 5.83. The SMILES string of the molecule is CCCCOc1cccc(CN=C(NCC)NCCCOCC2CCOCC2)c1. The zero-order chi connectivity index (χ0) is 20.6. The van der Waals surface area contributed by atoms with E-state index in [1.807, 2.05) is 12.1 Å². The molecule has 1 aromatic rings. The number of guanidine groups is 1. The second-order valence-electron chi connectivity index (χ2n) is 7.46. The molecule has 1 saturated heterocycles. The largest absolute Gasteiger partial charge is 0.494 e. The van der Waals surface area contributed by atoms with E-state index in [2.05, 4.69) is 36.6 Å². The molecule has 0 atom stereocenters. The van der Waals surface area contributed by atoms with E-state index in [0.29, 0.717) is 12.5 Å². The van der Waals surface area contributed by atoms with Crippen LogP contribution in [0.2, 0.25) is 0 Å². The van der Waals surface area contributed by atoms with Crippen LogP contribution in [-0.4, -0.2) is 52.1 Å². The molecule has 1 aliphatic heterocycles. The Hall–Kier alpha value is -1.79. The van der Waals surface area contributed by atoms with Gasteiger partial charge in [0.2, 0.25) is 0 Å². The van der Waals surface area contributed by atoms with Gasteiger partial charge in [0, 0.05) is 39.5 Å². The molecule has 0 spiro atoms. The zero-order valence-corrected chi connectivity index (χ0v) is 18.3. The van der Waals surface area contributed by atoms with Crippen molar-refractivity contribution >= 4 is 5.96 Å². The van der Waals surface area contributed by atoms with Crippen LogP contribution in [0.3, 0.4) is 0 Å². The molecular weight excluding hydrogens is 366 g/mol. The average molecular weight is 406 g/mol. The Morgan fingerprint density at radius 3 is 2.79 bits per heavy atom. The number of nitrogens with zero attached hydrogens (tertiary/aromatic N) is 1. The predicted octanol–water partition coefficient (Wildman–Crippen LogP) is 3.75. The molecule has 0 amide bonds. The third-order valence-corrected chi connectivity index (χ3v) is 4.88. The number of hydrogen-bond acceptors (Lipinski definition) is 4. The van der Waals surface area contributed by atoms with E-state index in [9.17, 15) is 0 Å². The van der Waals surface area contributed by atoms with Crippen LogP contribution >= 0.6 is 0 Å². The average Bonchev–Trinajstić information content (AvgIpc) is 2.75. The van der Waals surface area contributed by atoms with Crippen molar-refractivity contribution in [2.45, 2.75) is 52.5 Å². The van der Waals surface area contributed by atoms with Crippen molar-refractivity contribution in [3.63, 3.8) is 0 Å². The van der Waals surface area contributed by atoms with Crippen LogP contribution in [0, 0.1) is 5.92 Å². The van der Waals surface area contributed by atoms with E-state index in [4.69, 9.17) is 19.2 Å². The van der Waals surface area contributed by atoms with Crippen molar-refractivity contribution < 1.29 is 14.2 Å². The summed E-state index contributed by atoms with van der Waals surface area (Å²) in [5, 5.41) is 6.70. The fourth-order valence-corrected chi connectivity index (χ4v) is 3.12. The first-order chi connectivity index (χ1) is 14.3. The molecule has 1 aliphatic rings. The van der Waals surface area contributed by atoms with Crippen LogP contribution in [0.1, 0.15) is 51.5 Å². The predicted molar refractivity (Wildman–Crippen MR) is 119 cm³/mol. The number of rotatable bonds is 13. The Morgan fingerprint density at radius 2 is 2.00 bits per heavy atom. The Balaban J connectivity index is 1.67. The summed E-state index contributed by atoms with van der Waals surface area (Å²) in [4.78, 5) is 4.70. The van der Waals surface area contributed by atoms with Gasteiger partial charge in [-0.2, -0.15) is 0 Å². The minimum Gasteiger partial charge on any atom is -0.494 e. The molecule has 0 bridgehead atoms. The summed E-state index contributed by atoms with van der Waals surface area (Å²) < 4.78 is 17.0. The van der Waals surface area contributed by atoms with Gasteiger partial charge in [-0.3, -0.25) is 0 Å². The lowest BCUT2D eigenvalue weighted by Gasteiger charge is -2.21. The minimum atomic E-state index is 0.626. The topological polar surface area (TPSA) is 64.1 Å². The normalized spacial score (nSPS) is 15.3. The second-order valence-corrected chi connectivity index (χ2v) is 7.46. The molecule has 0 saturated carbocycles. The molecule has 2 N–H and O–H groups in total. The fourth-order valence-electron chi connectivity index (χ4n) is 3.12. The minimum absolute atomic E-state index is 0.626. The lowest BCUT2D eigenvalue weighted by atomic mass is 10.0. The summed E-state index contributed by atoms with van der Waals surface area (Å²) in [7, 11) is 0. The molecule has 1 aromatic carbocycles. The molecule has 1 heterocycles. The Morgan fingerprint density at radius 1 is 1.14 bits per heavy atom. The van der Waals surface area contributed by atoms with Crippen molar-refractivity contribution in [3.8, 4) is 5.75 Å². The van der Waals surface area contributed by atoms with E-state index in [1.54, 1.807) is 0 Å². The molecule has 29 heavy (non-hydrogen) atoms. The first-order valence-corrected chi connectivity index (χ1v) is 11.2. The molecule has 0 aliphatic carbocycles. The van der Waals surface area contributed by atoms with Gasteiger partial charge in [0.1, 0.15) is 5.75 Å². The Labute approximate surface area is 176 Å². The molecule has 2 rings (SSSR count). The standard InChI is InChI=1S/C23H39N3O3/c1-3-5-14-29-22-9-6-8-21(17-22)18-26-23(24-4-2)25-12-7-13-28-19-20-10-15-27-16-11-20/h6,8-9,17,20H,3-5,7,10-16,18-19H2,1-2H3,(H2,24,25,26). The lowest BCUT2D eigenvalue weighted by molar-refractivity contribution is 0.0203. The molecule has 1 fully saturated rings. The van der Waals surface area contributed by atoms with Gasteiger partial charge in [-0.1, -0.05) is 25.5 Å². The van der Waals surface area contributed by atoms with Crippen LogP contribution in [0.5, 0.6) is 5.75 Å². The van der Waals surface area contributed by atoms with Crippen molar-refractivity contribution in [3.05, 3.63) is 29.8 Å². The first kappa shape index (κ1) is 23.5. The van der Waals surface area contributed by atoms with Gasteiger partial charge in [0.15, 0.2) is 5.96 Å². The van der Waals surface area contributed by atoms with Gasteiger partial charge in [0.25, 0.3) is 0 Å². The Kier molecular flexibility index (Phi) is 12.2. The van der Waals surface area contributed by atoms with Gasteiger partial charge in [0.05, 0.1) is 13.2 Å². The summed E-state index contributed by atoms with van der Waals surface area (Å²) in [6.07, 6.45) is 5.44. The lowest BCUT2D eigenvalue weighted by Crippen LogP contribution is -2.38. The van der Waals surface area contributed by atoms with Crippen molar-refractivity contribution in [1.82, 2.24) is 10.6 Å². The third-order valence-electron chi connectivity index (χ3n) is 4.88. The molecule has 0 unspecified atom stereocenters. The second kappa shape index (κ2) is 15.1. The van der Waals surface area contributed by atoms with E-state index in [1.165, 1.54) is 0 Å². The number of hydrogen-bond donors (Lipinski definition) is 2. The van der Waals surface area contributed by atoms with Crippen LogP contribution in [0.4, 0.5) is 0 Å². The smallest absolute Gasteiger partial charge is 0.191 e. The van der Waals surface area contributed by atoms with Gasteiger partial charge in [-0.05, 0) is 56.2 Å². The summed E-state index contributed by atoms with van der Waals surface area (Å²) >= 11 is 0. The van der Waals surface area contributed by atoms with Crippen molar-refractivity contribution in [2.24, 2.45) is 10.9 Å². The quantitative estimate of drug-likeness (QED) is 0.297. The molecule has 164 valence electrons. The zero-order valence-electron chi connectivity index (χ0n) is 18.3. The van der Waals surface area contributed by atoms with Crippen molar-refractivity contribution in [1.29, 1.82) is 0 Å². The highest BCUT2D eigenvalue weighted by Crippen LogP contribution is 2.15. The highest BCUT2D eigenvalue weighted by Gasteiger charge is 2.13. The third kappa shape index (κ3) is 10.5. The van der Waals surface area contributed by atoms with Crippen molar-refractivity contribution in [2.75, 3.05) is 46.1 Å². The molecule has 6 heteroatoms. The van der Waals surface area contributed by atoms with E-state index < -0.39 is 0 Å². The summed E-state index contributed by atoms with van der Waals surface area (Å²) in [6.45, 7) is 10.7. The van der Waals surface area contributed by atoms with Crippen LogP contribution < -0.4 is 15.4 Å². The number of benzene rings is 1. The van der Waals surface area contributed by atoms with Gasteiger partial charge >= 0.3 is 0 Å². The molecular formula is C23H39N3O3. The molecule has 6 nitrogen and oxygen atoms in total. The number of unbranched alkanes of at least 4 members (excludes halogenated alkanes) is 1. The van der Waals surface area contributed by atoms with Crippen LogP contribution in [0.15, 0.2) is 29.3 Å². The maximum Gasteiger partial charge on any atom is 0.191 e. The van der Waals surface area contributed by atoms with Crippen LogP contribution in [0.25, 0.3) is 0 Å². The molecule has 0 radical (unpaired) electrons.